The Bertz CT molecular complexity index is 1080. The number of benzene rings is 1. The number of carbonyl (C=O) groups excluding carboxylic acids is 1. The molecule has 4 heterocycles. The summed E-state index contributed by atoms with van der Waals surface area (Å²) in [6.07, 6.45) is 5.15. The van der Waals surface area contributed by atoms with E-state index < -0.39 is 0 Å². The molecule has 1 fully saturated rings. The van der Waals surface area contributed by atoms with Crippen molar-refractivity contribution in [1.29, 1.82) is 0 Å². The minimum absolute atomic E-state index is 0.00826. The molecule has 6 heteroatoms. The number of imidazole rings is 1. The Kier molecular flexibility index (Phi) is 3.06. The SMILES string of the molecule is O=C(c1nc(C2CC2)n2ccccc12)N1CCc2cc3c(cc2C1)OCO3. The number of hydrogen-bond acceptors (Lipinski definition) is 4. The molecule has 1 aromatic carbocycles. The molecule has 0 saturated heterocycles. The molecule has 136 valence electrons. The summed E-state index contributed by atoms with van der Waals surface area (Å²) in [5, 5.41) is 0. The van der Waals surface area contributed by atoms with E-state index in [1.807, 2.05) is 35.4 Å². The predicted octanol–water partition coefficient (Wildman–Crippen LogP) is 3.14. The van der Waals surface area contributed by atoms with E-state index in [0.29, 0.717) is 24.7 Å². The Morgan fingerprint density at radius 1 is 1.11 bits per heavy atom. The molecular formula is C21H19N3O3. The molecule has 3 aliphatic rings. The fourth-order valence-corrected chi connectivity index (χ4v) is 4.12. The van der Waals surface area contributed by atoms with Crippen LogP contribution in [-0.4, -0.2) is 33.5 Å². The molecule has 0 unspecified atom stereocenters. The van der Waals surface area contributed by atoms with Crippen molar-refractivity contribution in [2.75, 3.05) is 13.3 Å². The molecule has 0 spiro atoms. The second-order valence-corrected chi connectivity index (χ2v) is 7.50. The van der Waals surface area contributed by atoms with Crippen molar-refractivity contribution in [2.45, 2.75) is 31.7 Å². The van der Waals surface area contributed by atoms with Crippen molar-refractivity contribution < 1.29 is 14.3 Å². The minimum Gasteiger partial charge on any atom is -0.454 e. The number of amides is 1. The highest BCUT2D eigenvalue weighted by Crippen LogP contribution is 2.40. The van der Waals surface area contributed by atoms with Gasteiger partial charge in [-0.1, -0.05) is 6.07 Å². The molecule has 6 nitrogen and oxygen atoms in total. The first-order valence-corrected chi connectivity index (χ1v) is 9.45. The molecule has 6 rings (SSSR count). The first kappa shape index (κ1) is 15.1. The lowest BCUT2D eigenvalue weighted by atomic mass is 9.98. The van der Waals surface area contributed by atoms with Crippen LogP contribution in [0.3, 0.4) is 0 Å². The van der Waals surface area contributed by atoms with Gasteiger partial charge in [-0.3, -0.25) is 4.79 Å². The van der Waals surface area contributed by atoms with E-state index in [9.17, 15) is 4.79 Å². The topological polar surface area (TPSA) is 56.1 Å². The third kappa shape index (κ3) is 2.32. The van der Waals surface area contributed by atoms with Gasteiger partial charge in [-0.2, -0.15) is 0 Å². The van der Waals surface area contributed by atoms with Crippen molar-refractivity contribution >= 4 is 11.4 Å². The van der Waals surface area contributed by atoms with Gasteiger partial charge in [0.05, 0.1) is 5.52 Å². The maximum Gasteiger partial charge on any atom is 0.275 e. The zero-order valence-corrected chi connectivity index (χ0v) is 14.9. The summed E-state index contributed by atoms with van der Waals surface area (Å²) in [6, 6.07) is 10.0. The van der Waals surface area contributed by atoms with Crippen LogP contribution in [0.5, 0.6) is 11.5 Å². The zero-order chi connectivity index (χ0) is 18.0. The number of nitrogens with zero attached hydrogens (tertiary/aromatic N) is 3. The summed E-state index contributed by atoms with van der Waals surface area (Å²) >= 11 is 0. The Morgan fingerprint density at radius 3 is 2.74 bits per heavy atom. The van der Waals surface area contributed by atoms with Crippen LogP contribution >= 0.6 is 0 Å². The maximum atomic E-state index is 13.3. The molecule has 2 aromatic heterocycles. The van der Waals surface area contributed by atoms with Gasteiger partial charge in [-0.05, 0) is 54.7 Å². The Morgan fingerprint density at radius 2 is 1.93 bits per heavy atom. The van der Waals surface area contributed by atoms with Gasteiger partial charge in [0.1, 0.15) is 5.82 Å². The van der Waals surface area contributed by atoms with Crippen LogP contribution < -0.4 is 9.47 Å². The lowest BCUT2D eigenvalue weighted by Crippen LogP contribution is -2.36. The molecule has 1 aliphatic carbocycles. The number of carbonyl (C=O) groups is 1. The summed E-state index contributed by atoms with van der Waals surface area (Å²) in [6.45, 7) is 1.54. The van der Waals surface area contributed by atoms with E-state index >= 15 is 0 Å². The number of fused-ring (bicyclic) bond motifs is 3. The quantitative estimate of drug-likeness (QED) is 0.704. The second-order valence-electron chi connectivity index (χ2n) is 7.50. The van der Waals surface area contributed by atoms with Crippen LogP contribution in [0.4, 0.5) is 0 Å². The van der Waals surface area contributed by atoms with Crippen LogP contribution in [0, 0.1) is 0 Å². The van der Waals surface area contributed by atoms with Crippen molar-refractivity contribution in [2.24, 2.45) is 0 Å². The normalized spacial score (nSPS) is 18.0. The van der Waals surface area contributed by atoms with Crippen LogP contribution in [-0.2, 0) is 13.0 Å². The third-order valence-corrected chi connectivity index (χ3v) is 5.72. The van der Waals surface area contributed by atoms with Gasteiger partial charge in [0.25, 0.3) is 5.91 Å². The summed E-state index contributed by atoms with van der Waals surface area (Å²) in [5.41, 5.74) is 3.84. The van der Waals surface area contributed by atoms with Gasteiger partial charge in [0, 0.05) is 25.2 Å². The van der Waals surface area contributed by atoms with E-state index in [1.165, 1.54) is 5.56 Å². The molecule has 0 N–H and O–H groups in total. The van der Waals surface area contributed by atoms with Crippen molar-refractivity contribution in [1.82, 2.24) is 14.3 Å². The van der Waals surface area contributed by atoms with E-state index in [-0.39, 0.29) is 12.7 Å². The van der Waals surface area contributed by atoms with Gasteiger partial charge in [0.15, 0.2) is 17.2 Å². The van der Waals surface area contributed by atoms with Crippen molar-refractivity contribution in [3.05, 3.63) is 59.2 Å². The molecule has 1 saturated carbocycles. The number of rotatable bonds is 2. The molecule has 0 atom stereocenters. The second kappa shape index (κ2) is 5.49. The van der Waals surface area contributed by atoms with Gasteiger partial charge in [-0.25, -0.2) is 4.98 Å². The molecular weight excluding hydrogens is 342 g/mol. The standard InChI is InChI=1S/C21H19N3O3/c25-21(19-16-3-1-2-7-24(16)20(22-19)13-4-5-13)23-8-6-14-9-17-18(27-12-26-17)10-15(14)11-23/h1-3,7,9-10,13H,4-6,8,11-12H2. The van der Waals surface area contributed by atoms with E-state index in [4.69, 9.17) is 14.5 Å². The maximum absolute atomic E-state index is 13.3. The molecule has 3 aromatic rings. The van der Waals surface area contributed by atoms with Crippen LogP contribution in [0.2, 0.25) is 0 Å². The van der Waals surface area contributed by atoms with Gasteiger partial charge in [0.2, 0.25) is 6.79 Å². The van der Waals surface area contributed by atoms with E-state index in [1.54, 1.807) is 0 Å². The average Bonchev–Trinajstić information content (AvgIpc) is 3.32. The highest BCUT2D eigenvalue weighted by Gasteiger charge is 2.32. The summed E-state index contributed by atoms with van der Waals surface area (Å²) < 4.78 is 13.1. The third-order valence-electron chi connectivity index (χ3n) is 5.72. The number of aromatic nitrogens is 2. The summed E-state index contributed by atoms with van der Waals surface area (Å²) in [7, 11) is 0. The largest absolute Gasteiger partial charge is 0.454 e. The van der Waals surface area contributed by atoms with Crippen molar-refractivity contribution in [3.63, 3.8) is 0 Å². The fourth-order valence-electron chi connectivity index (χ4n) is 4.12. The van der Waals surface area contributed by atoms with Gasteiger partial charge >= 0.3 is 0 Å². The van der Waals surface area contributed by atoms with Gasteiger partial charge < -0.3 is 18.8 Å². The highest BCUT2D eigenvalue weighted by atomic mass is 16.7. The van der Waals surface area contributed by atoms with Crippen LogP contribution in [0.1, 0.15) is 46.2 Å². The first-order valence-electron chi connectivity index (χ1n) is 9.45. The Balaban J connectivity index is 1.36. The van der Waals surface area contributed by atoms with Crippen LogP contribution in [0.15, 0.2) is 36.5 Å². The Labute approximate surface area is 156 Å². The van der Waals surface area contributed by atoms with Gasteiger partial charge in [-0.15, -0.1) is 0 Å². The minimum atomic E-state index is 0.00826. The fraction of sp³-hybridized carbons (Fsp3) is 0.333. The average molecular weight is 361 g/mol. The lowest BCUT2D eigenvalue weighted by Gasteiger charge is -2.28. The van der Waals surface area contributed by atoms with E-state index in [0.717, 1.165) is 47.7 Å². The molecule has 0 radical (unpaired) electrons. The Hall–Kier alpha value is -3.02. The first-order chi connectivity index (χ1) is 13.3. The molecule has 0 bridgehead atoms. The number of pyridine rings is 1. The monoisotopic (exact) mass is 361 g/mol. The summed E-state index contributed by atoms with van der Waals surface area (Å²) in [5.74, 6) is 3.10. The molecule has 2 aliphatic heterocycles. The van der Waals surface area contributed by atoms with Crippen LogP contribution in [0.25, 0.3) is 5.52 Å². The van der Waals surface area contributed by atoms with Crippen molar-refractivity contribution in [3.8, 4) is 11.5 Å². The number of hydrogen-bond donors (Lipinski definition) is 0. The summed E-state index contributed by atoms with van der Waals surface area (Å²) in [4.78, 5) is 20.0. The molecule has 1 amide bonds. The predicted molar refractivity (Wildman–Crippen MR) is 98.2 cm³/mol. The zero-order valence-electron chi connectivity index (χ0n) is 14.9. The highest BCUT2D eigenvalue weighted by molar-refractivity contribution is 5.99. The number of ether oxygens (including phenoxy) is 2. The smallest absolute Gasteiger partial charge is 0.275 e. The van der Waals surface area contributed by atoms with E-state index in [2.05, 4.69) is 10.5 Å². The lowest BCUT2D eigenvalue weighted by molar-refractivity contribution is 0.0731. The molecule has 27 heavy (non-hydrogen) atoms.